The van der Waals surface area contributed by atoms with Crippen molar-refractivity contribution in [1.29, 1.82) is 0 Å². The summed E-state index contributed by atoms with van der Waals surface area (Å²) in [4.78, 5) is 24.9. The molecule has 1 aromatic carbocycles. The Kier molecular flexibility index (Phi) is 4.13. The van der Waals surface area contributed by atoms with Crippen LogP contribution >= 0.6 is 0 Å². The Morgan fingerprint density at radius 2 is 1.96 bits per heavy atom. The van der Waals surface area contributed by atoms with Gasteiger partial charge in [0, 0.05) is 30.2 Å². The molecule has 8 heteroatoms. The number of amides is 1. The molecule has 27 heavy (non-hydrogen) atoms. The number of imidazole rings is 1. The van der Waals surface area contributed by atoms with Gasteiger partial charge in [0.2, 0.25) is 5.95 Å². The van der Waals surface area contributed by atoms with Gasteiger partial charge in [0.1, 0.15) is 17.2 Å². The van der Waals surface area contributed by atoms with Crippen LogP contribution < -0.4 is 15.8 Å². The molecule has 0 saturated carbocycles. The lowest BCUT2D eigenvalue weighted by atomic mass is 10.1. The van der Waals surface area contributed by atoms with Gasteiger partial charge < -0.3 is 15.8 Å². The summed E-state index contributed by atoms with van der Waals surface area (Å²) in [7, 11) is 1.62. The minimum atomic E-state index is -0.571. The molecule has 0 unspecified atom stereocenters. The van der Waals surface area contributed by atoms with Gasteiger partial charge in [0.15, 0.2) is 0 Å². The van der Waals surface area contributed by atoms with E-state index in [0.717, 1.165) is 17.0 Å². The van der Waals surface area contributed by atoms with Gasteiger partial charge in [-0.15, -0.1) is 0 Å². The number of nitrogens with zero attached hydrogens (tertiary/aromatic N) is 4. The number of anilines is 2. The summed E-state index contributed by atoms with van der Waals surface area (Å²) in [5.74, 6) is 0.994. The third-order valence-corrected chi connectivity index (χ3v) is 4.08. The zero-order valence-electron chi connectivity index (χ0n) is 14.5. The number of carbonyl (C=O) groups is 1. The van der Waals surface area contributed by atoms with E-state index < -0.39 is 5.91 Å². The molecule has 0 radical (unpaired) electrons. The van der Waals surface area contributed by atoms with Gasteiger partial charge in [-0.05, 0) is 36.4 Å². The molecule has 0 spiro atoms. The van der Waals surface area contributed by atoms with Crippen LogP contribution in [0.2, 0.25) is 0 Å². The number of pyridine rings is 1. The normalized spacial score (nSPS) is 10.7. The molecule has 0 atom stereocenters. The topological polar surface area (TPSA) is 107 Å². The van der Waals surface area contributed by atoms with Crippen molar-refractivity contribution in [1.82, 2.24) is 19.4 Å². The minimum absolute atomic E-state index is 0.280. The molecule has 3 aromatic heterocycles. The summed E-state index contributed by atoms with van der Waals surface area (Å²) in [6.45, 7) is 0. The molecule has 0 fully saturated rings. The summed E-state index contributed by atoms with van der Waals surface area (Å²) in [6, 6.07) is 12.7. The van der Waals surface area contributed by atoms with Gasteiger partial charge >= 0.3 is 0 Å². The number of fused-ring (bicyclic) bond motifs is 1. The van der Waals surface area contributed by atoms with Gasteiger partial charge in [-0.3, -0.25) is 9.20 Å². The van der Waals surface area contributed by atoms with Crippen molar-refractivity contribution in [3.05, 3.63) is 66.6 Å². The highest BCUT2D eigenvalue weighted by Gasteiger charge is 2.13. The van der Waals surface area contributed by atoms with E-state index in [4.69, 9.17) is 10.5 Å². The molecule has 1 amide bonds. The van der Waals surface area contributed by atoms with Crippen LogP contribution in [0.1, 0.15) is 10.4 Å². The van der Waals surface area contributed by atoms with Gasteiger partial charge in [-0.25, -0.2) is 15.0 Å². The summed E-state index contributed by atoms with van der Waals surface area (Å²) >= 11 is 0. The lowest BCUT2D eigenvalue weighted by molar-refractivity contribution is 0.100. The quantitative estimate of drug-likeness (QED) is 0.566. The van der Waals surface area contributed by atoms with Crippen LogP contribution in [-0.4, -0.2) is 32.4 Å². The first kappa shape index (κ1) is 16.5. The Labute approximate surface area is 154 Å². The number of carbonyl (C=O) groups excluding carboxylic acids is 1. The number of nitrogens with one attached hydrogen (secondary N) is 1. The third-order valence-electron chi connectivity index (χ3n) is 4.08. The van der Waals surface area contributed by atoms with Crippen molar-refractivity contribution >= 4 is 23.3 Å². The van der Waals surface area contributed by atoms with Crippen LogP contribution in [0.3, 0.4) is 0 Å². The second kappa shape index (κ2) is 6.75. The van der Waals surface area contributed by atoms with E-state index in [1.54, 1.807) is 42.2 Å². The molecule has 0 aliphatic rings. The summed E-state index contributed by atoms with van der Waals surface area (Å²) < 4.78 is 6.97. The van der Waals surface area contributed by atoms with Crippen molar-refractivity contribution in [3.63, 3.8) is 0 Å². The fraction of sp³-hybridized carbons (Fsp3) is 0.0526. The van der Waals surface area contributed by atoms with Gasteiger partial charge in [-0.1, -0.05) is 0 Å². The molecule has 3 heterocycles. The van der Waals surface area contributed by atoms with E-state index in [9.17, 15) is 4.79 Å². The molecule has 4 aromatic rings. The van der Waals surface area contributed by atoms with E-state index in [2.05, 4.69) is 20.3 Å². The lowest BCUT2D eigenvalue weighted by Gasteiger charge is -2.12. The predicted octanol–water partition coefficient (Wildman–Crippen LogP) is 2.64. The fourth-order valence-corrected chi connectivity index (χ4v) is 2.73. The first-order valence-corrected chi connectivity index (χ1v) is 8.16. The average molecular weight is 360 g/mol. The van der Waals surface area contributed by atoms with Gasteiger partial charge in [-0.2, -0.15) is 0 Å². The largest absolute Gasteiger partial charge is 0.497 e. The molecule has 0 aliphatic heterocycles. The maximum atomic E-state index is 11.7. The van der Waals surface area contributed by atoms with Crippen LogP contribution in [0.4, 0.5) is 11.8 Å². The van der Waals surface area contributed by atoms with Crippen molar-refractivity contribution in [2.45, 2.75) is 0 Å². The molecule has 0 bridgehead atoms. The first-order valence-electron chi connectivity index (χ1n) is 8.16. The standard InChI is InChI=1S/C19H16N6O2/c1-27-13-6-4-12(5-7-13)15-11-16-21-9-10-25(16)19(23-15)24-18-14(17(20)26)3-2-8-22-18/h2-11H,1H3,(H2,20,26)(H,22,23,24). The first-order chi connectivity index (χ1) is 13.2. The number of aromatic nitrogens is 4. The smallest absolute Gasteiger partial charge is 0.252 e. The monoisotopic (exact) mass is 360 g/mol. The zero-order valence-corrected chi connectivity index (χ0v) is 14.5. The molecule has 3 N–H and O–H groups in total. The molecule has 0 aliphatic carbocycles. The van der Waals surface area contributed by atoms with E-state index in [-0.39, 0.29) is 5.56 Å². The van der Waals surface area contributed by atoms with Crippen molar-refractivity contribution < 1.29 is 9.53 Å². The second-order valence-corrected chi connectivity index (χ2v) is 5.74. The van der Waals surface area contributed by atoms with E-state index in [0.29, 0.717) is 17.4 Å². The maximum absolute atomic E-state index is 11.7. The average Bonchev–Trinajstić information content (AvgIpc) is 3.17. The number of rotatable bonds is 5. The SMILES string of the molecule is COc1ccc(-c2cc3nccn3c(Nc3ncccc3C(N)=O)n2)cc1. The zero-order chi connectivity index (χ0) is 18.8. The van der Waals surface area contributed by atoms with Crippen LogP contribution in [0.25, 0.3) is 16.9 Å². The second-order valence-electron chi connectivity index (χ2n) is 5.74. The Morgan fingerprint density at radius 3 is 2.70 bits per heavy atom. The summed E-state index contributed by atoms with van der Waals surface area (Å²) in [5.41, 5.74) is 8.04. The number of methoxy groups -OCH3 is 1. The Hall–Kier alpha value is -3.94. The van der Waals surface area contributed by atoms with Crippen LogP contribution in [-0.2, 0) is 0 Å². The molecule has 4 rings (SSSR count). The highest BCUT2D eigenvalue weighted by molar-refractivity contribution is 5.98. The van der Waals surface area contributed by atoms with Crippen LogP contribution in [0.5, 0.6) is 5.75 Å². The number of hydrogen-bond acceptors (Lipinski definition) is 6. The highest BCUT2D eigenvalue weighted by Crippen LogP contribution is 2.25. The van der Waals surface area contributed by atoms with Crippen molar-refractivity contribution in [3.8, 4) is 17.0 Å². The predicted molar refractivity (Wildman–Crippen MR) is 101 cm³/mol. The Morgan fingerprint density at radius 1 is 1.15 bits per heavy atom. The Balaban J connectivity index is 1.81. The summed E-state index contributed by atoms with van der Waals surface area (Å²) in [5, 5.41) is 3.09. The van der Waals surface area contributed by atoms with Crippen LogP contribution in [0, 0.1) is 0 Å². The molecular weight excluding hydrogens is 344 g/mol. The highest BCUT2D eigenvalue weighted by atomic mass is 16.5. The van der Waals surface area contributed by atoms with Crippen LogP contribution in [0.15, 0.2) is 61.1 Å². The molecule has 0 saturated heterocycles. The van der Waals surface area contributed by atoms with E-state index >= 15 is 0 Å². The number of ether oxygens (including phenoxy) is 1. The minimum Gasteiger partial charge on any atom is -0.497 e. The lowest BCUT2D eigenvalue weighted by Crippen LogP contribution is -2.15. The number of benzene rings is 1. The molecule has 8 nitrogen and oxygen atoms in total. The number of primary amides is 1. The van der Waals surface area contributed by atoms with Gasteiger partial charge in [0.25, 0.3) is 5.91 Å². The fourth-order valence-electron chi connectivity index (χ4n) is 2.73. The number of nitrogens with two attached hydrogens (primary N) is 1. The molecule has 134 valence electrons. The number of hydrogen-bond donors (Lipinski definition) is 2. The Bertz CT molecular complexity index is 1120. The van der Waals surface area contributed by atoms with Crippen molar-refractivity contribution in [2.24, 2.45) is 5.73 Å². The van der Waals surface area contributed by atoms with Crippen molar-refractivity contribution in [2.75, 3.05) is 12.4 Å². The third kappa shape index (κ3) is 3.15. The molecular formula is C19H16N6O2. The maximum Gasteiger partial charge on any atom is 0.252 e. The van der Waals surface area contributed by atoms with E-state index in [1.165, 1.54) is 0 Å². The van der Waals surface area contributed by atoms with Gasteiger partial charge in [0.05, 0.1) is 18.4 Å². The van der Waals surface area contributed by atoms with E-state index in [1.807, 2.05) is 30.3 Å². The summed E-state index contributed by atoms with van der Waals surface area (Å²) in [6.07, 6.45) is 5.02.